The maximum atomic E-state index is 13.8. The first kappa shape index (κ1) is 23.4. The van der Waals surface area contributed by atoms with Crippen molar-refractivity contribution < 1.29 is 22.7 Å². The van der Waals surface area contributed by atoms with E-state index in [2.05, 4.69) is 0 Å². The molecule has 0 amide bonds. The van der Waals surface area contributed by atoms with Crippen LogP contribution in [-0.2, 0) is 9.53 Å². The Bertz CT molecular complexity index is 1460. The van der Waals surface area contributed by atoms with E-state index < -0.39 is 23.2 Å². The molecule has 2 aromatic carbocycles. The Morgan fingerprint density at radius 2 is 1.37 bits per heavy atom. The molecule has 0 atom stereocenters. The highest BCUT2D eigenvalue weighted by Crippen LogP contribution is 2.44. The number of aryl methyl sites for hydroxylation is 2. The predicted octanol–water partition coefficient (Wildman–Crippen LogP) is 6.31. The van der Waals surface area contributed by atoms with E-state index in [-0.39, 0.29) is 16.9 Å². The Morgan fingerprint density at radius 3 is 1.80 bits per heavy atom. The number of esters is 1. The summed E-state index contributed by atoms with van der Waals surface area (Å²) in [5.41, 5.74) is 2.39. The fourth-order valence-electron chi connectivity index (χ4n) is 4.12. The summed E-state index contributed by atoms with van der Waals surface area (Å²) in [5.74, 6) is -0.706. The van der Waals surface area contributed by atoms with Crippen LogP contribution in [0.15, 0.2) is 81.5 Å². The van der Waals surface area contributed by atoms with Crippen molar-refractivity contribution in [2.24, 2.45) is 0 Å². The molecule has 0 spiro atoms. The molecule has 1 aromatic heterocycles. The predicted molar refractivity (Wildman–Crippen MR) is 124 cm³/mol. The van der Waals surface area contributed by atoms with E-state index in [1.54, 1.807) is 39.0 Å². The zero-order valence-corrected chi connectivity index (χ0v) is 19.1. The van der Waals surface area contributed by atoms with Gasteiger partial charge >= 0.3 is 5.97 Å². The van der Waals surface area contributed by atoms with Gasteiger partial charge in [0.25, 0.3) is 0 Å². The number of furan rings is 1. The molecule has 1 saturated heterocycles. The lowest BCUT2D eigenvalue weighted by atomic mass is 9.86. The zero-order valence-electron chi connectivity index (χ0n) is 19.1. The van der Waals surface area contributed by atoms with Crippen LogP contribution in [0.1, 0.15) is 35.1 Å². The number of hydrogen-bond donors (Lipinski definition) is 0. The van der Waals surface area contributed by atoms with Gasteiger partial charge in [-0.2, -0.15) is 10.5 Å². The Balaban J connectivity index is 2.20. The minimum Gasteiger partial charge on any atom is -0.466 e. The molecule has 0 bridgehead atoms. The third-order valence-electron chi connectivity index (χ3n) is 5.66. The molecule has 3 aromatic rings. The number of hydrogen-bond acceptors (Lipinski definition) is 5. The van der Waals surface area contributed by atoms with Crippen LogP contribution < -0.4 is 0 Å². The molecule has 172 valence electrons. The number of allylic oxidation sites excluding steroid dienone is 3. The maximum Gasteiger partial charge on any atom is 0.344 e. The second-order valence-corrected chi connectivity index (χ2v) is 7.91. The van der Waals surface area contributed by atoms with Gasteiger partial charge in [-0.25, -0.2) is 13.6 Å². The lowest BCUT2D eigenvalue weighted by molar-refractivity contribution is -0.132. The van der Waals surface area contributed by atoms with Crippen LogP contribution in [0.3, 0.4) is 0 Å². The number of benzene rings is 2. The van der Waals surface area contributed by atoms with Gasteiger partial charge in [-0.15, -0.1) is 0 Å². The van der Waals surface area contributed by atoms with Crippen molar-refractivity contribution in [3.05, 3.63) is 117 Å². The molecular weight excluding hydrogens is 450 g/mol. The molecule has 7 heteroatoms. The first-order valence-corrected chi connectivity index (χ1v) is 10.6. The van der Waals surface area contributed by atoms with E-state index in [0.717, 1.165) is 0 Å². The third-order valence-corrected chi connectivity index (χ3v) is 5.66. The van der Waals surface area contributed by atoms with Crippen LogP contribution in [0.5, 0.6) is 0 Å². The number of ether oxygens (including phenoxy) is 1. The quantitative estimate of drug-likeness (QED) is 0.255. The summed E-state index contributed by atoms with van der Waals surface area (Å²) in [5, 5.41) is 19.2. The van der Waals surface area contributed by atoms with Crippen LogP contribution in [-0.4, -0.2) is 5.97 Å². The van der Waals surface area contributed by atoms with E-state index in [1.807, 2.05) is 0 Å². The molecule has 1 aliphatic rings. The van der Waals surface area contributed by atoms with Crippen LogP contribution >= 0.6 is 0 Å². The van der Waals surface area contributed by atoms with Crippen molar-refractivity contribution in [1.82, 2.24) is 0 Å². The number of rotatable bonds is 3. The Labute approximate surface area is 200 Å². The number of nitrogens with zero attached hydrogens (tertiary/aromatic N) is 2. The molecule has 0 N–H and O–H groups in total. The molecule has 1 aliphatic heterocycles. The first-order chi connectivity index (χ1) is 16.7. The molecule has 0 radical (unpaired) electrons. The fraction of sp³-hybridized carbons (Fsp3) is 0.107. The van der Waals surface area contributed by atoms with Gasteiger partial charge in [0.05, 0.1) is 5.57 Å². The van der Waals surface area contributed by atoms with Gasteiger partial charge in [-0.05, 0) is 67.8 Å². The van der Waals surface area contributed by atoms with Gasteiger partial charge in [0.15, 0.2) is 11.3 Å². The summed E-state index contributed by atoms with van der Waals surface area (Å²) >= 11 is 0. The van der Waals surface area contributed by atoms with Gasteiger partial charge in [-0.1, -0.05) is 24.3 Å². The Hall–Kier alpha value is -4.75. The molecule has 35 heavy (non-hydrogen) atoms. The van der Waals surface area contributed by atoms with Crippen LogP contribution in [0.4, 0.5) is 8.78 Å². The number of nitriles is 2. The van der Waals surface area contributed by atoms with Gasteiger partial charge < -0.3 is 9.15 Å². The van der Waals surface area contributed by atoms with Crippen molar-refractivity contribution in [3.8, 4) is 12.1 Å². The SMILES string of the molecule is C/C(=C1\C(=O)OC(=C(C#N)C#N)C1=C(c1ccc(F)cc1)c1ccc(F)cc1)c1cc(C)oc1C. The number of cyclic esters (lactones) is 1. The van der Waals surface area contributed by atoms with Crippen molar-refractivity contribution >= 4 is 17.1 Å². The van der Waals surface area contributed by atoms with Crippen molar-refractivity contribution in [1.29, 1.82) is 10.5 Å². The largest absolute Gasteiger partial charge is 0.466 e. The van der Waals surface area contributed by atoms with E-state index >= 15 is 0 Å². The molecule has 0 aliphatic carbocycles. The summed E-state index contributed by atoms with van der Waals surface area (Å²) < 4.78 is 38.7. The van der Waals surface area contributed by atoms with E-state index in [1.165, 1.54) is 48.5 Å². The Kier molecular flexibility index (Phi) is 6.18. The van der Waals surface area contributed by atoms with Gasteiger partial charge in [-0.3, -0.25) is 0 Å². The van der Waals surface area contributed by atoms with E-state index in [4.69, 9.17) is 9.15 Å². The third kappa shape index (κ3) is 4.28. The molecule has 1 fully saturated rings. The normalized spacial score (nSPS) is 14.3. The summed E-state index contributed by atoms with van der Waals surface area (Å²) in [6.07, 6.45) is 0. The maximum absolute atomic E-state index is 13.8. The van der Waals surface area contributed by atoms with Gasteiger partial charge in [0.2, 0.25) is 0 Å². The monoisotopic (exact) mass is 468 g/mol. The topological polar surface area (TPSA) is 87.0 Å². The number of carbonyl (C=O) groups excluding carboxylic acids is 1. The average Bonchev–Trinajstić information content (AvgIpc) is 3.35. The van der Waals surface area contributed by atoms with Crippen LogP contribution in [0.2, 0.25) is 0 Å². The molecule has 2 heterocycles. The van der Waals surface area contributed by atoms with Crippen molar-refractivity contribution in [2.75, 3.05) is 0 Å². The summed E-state index contributed by atoms with van der Waals surface area (Å²) in [6, 6.07) is 16.3. The molecule has 0 unspecified atom stereocenters. The smallest absolute Gasteiger partial charge is 0.344 e. The van der Waals surface area contributed by atoms with E-state index in [9.17, 15) is 24.1 Å². The molecular formula is C28H18F2N2O3. The molecule has 0 saturated carbocycles. The number of halogens is 2. The highest BCUT2D eigenvalue weighted by Gasteiger charge is 2.38. The second kappa shape index (κ2) is 9.24. The van der Waals surface area contributed by atoms with Gasteiger partial charge in [0, 0.05) is 16.7 Å². The lowest BCUT2D eigenvalue weighted by Crippen LogP contribution is -2.02. The zero-order chi connectivity index (χ0) is 25.3. The van der Waals surface area contributed by atoms with Gasteiger partial charge in [0.1, 0.15) is 35.3 Å². The standard InChI is InChI=1S/C28H18F2N2O3/c1-15-12-23(17(3)34-15)16(2)24-26(27(35-28(24)33)20(13-31)14-32)25(18-4-8-21(29)9-5-18)19-6-10-22(30)11-7-19/h4-12H,1-3H3/b24-16+. The van der Waals surface area contributed by atoms with Crippen molar-refractivity contribution in [3.63, 3.8) is 0 Å². The van der Waals surface area contributed by atoms with Crippen molar-refractivity contribution in [2.45, 2.75) is 20.8 Å². The minimum atomic E-state index is -0.754. The minimum absolute atomic E-state index is 0.121. The second-order valence-electron chi connectivity index (χ2n) is 7.91. The van der Waals surface area contributed by atoms with E-state index in [0.29, 0.717) is 39.4 Å². The average molecular weight is 468 g/mol. The number of carbonyl (C=O) groups is 1. The first-order valence-electron chi connectivity index (χ1n) is 10.6. The summed E-state index contributed by atoms with van der Waals surface area (Å²) in [7, 11) is 0. The Morgan fingerprint density at radius 1 is 0.857 bits per heavy atom. The summed E-state index contributed by atoms with van der Waals surface area (Å²) in [4.78, 5) is 13.2. The molecule has 4 rings (SSSR count). The van der Waals surface area contributed by atoms with Crippen LogP contribution in [0, 0.1) is 48.1 Å². The summed E-state index contributed by atoms with van der Waals surface area (Å²) in [6.45, 7) is 5.24. The molecule has 5 nitrogen and oxygen atoms in total. The highest BCUT2D eigenvalue weighted by molar-refractivity contribution is 6.11. The van der Waals surface area contributed by atoms with Crippen LogP contribution in [0.25, 0.3) is 11.1 Å². The highest BCUT2D eigenvalue weighted by atomic mass is 19.1. The fourth-order valence-corrected chi connectivity index (χ4v) is 4.12. The lowest BCUT2D eigenvalue weighted by Gasteiger charge is -2.14.